The molecule has 152 valence electrons. The molecule has 1 aromatic rings. The second kappa shape index (κ2) is 10.4. The van der Waals surface area contributed by atoms with Crippen LogP contribution in [0.5, 0.6) is 0 Å². The number of benzene rings is 1. The normalized spacial score (nSPS) is 17.5. The van der Waals surface area contributed by atoms with Gasteiger partial charge < -0.3 is 26.4 Å². The number of piperidine rings is 1. The summed E-state index contributed by atoms with van der Waals surface area (Å²) in [6.07, 6.45) is 2.20. The summed E-state index contributed by atoms with van der Waals surface area (Å²) in [6, 6.07) is 7.62. The Kier molecular flexibility index (Phi) is 7.94. The van der Waals surface area contributed by atoms with Crippen LogP contribution >= 0.6 is 0 Å². The first-order valence-corrected chi connectivity index (χ1v) is 9.25. The summed E-state index contributed by atoms with van der Waals surface area (Å²) in [5.74, 6) is -2.49. The van der Waals surface area contributed by atoms with Gasteiger partial charge in [-0.2, -0.15) is 0 Å². The largest absolute Gasteiger partial charge is 0.480 e. The number of hydrogen-bond acceptors (Lipinski definition) is 5. The van der Waals surface area contributed by atoms with Crippen LogP contribution < -0.4 is 16.4 Å². The minimum absolute atomic E-state index is 0.249. The van der Waals surface area contributed by atoms with Gasteiger partial charge >= 0.3 is 5.97 Å². The molecular formula is C19H26N4O5. The fourth-order valence-corrected chi connectivity index (χ4v) is 3.25. The van der Waals surface area contributed by atoms with Gasteiger partial charge in [-0.15, -0.1) is 0 Å². The Morgan fingerprint density at radius 3 is 2.54 bits per heavy atom. The molecule has 0 aromatic heterocycles. The Bertz CT molecular complexity index is 710. The second-order valence-electron chi connectivity index (χ2n) is 6.67. The quantitative estimate of drug-likeness (QED) is 0.460. The predicted octanol–water partition coefficient (Wildman–Crippen LogP) is -0.745. The van der Waals surface area contributed by atoms with E-state index in [0.717, 1.165) is 18.4 Å². The molecule has 0 radical (unpaired) electrons. The van der Waals surface area contributed by atoms with Crippen LogP contribution in [0.25, 0.3) is 0 Å². The molecule has 1 aliphatic rings. The van der Waals surface area contributed by atoms with Crippen LogP contribution in [0.4, 0.5) is 0 Å². The van der Waals surface area contributed by atoms with Gasteiger partial charge in [0.1, 0.15) is 18.6 Å². The van der Waals surface area contributed by atoms with Crippen molar-refractivity contribution in [1.82, 2.24) is 15.5 Å². The summed E-state index contributed by atoms with van der Waals surface area (Å²) in [4.78, 5) is 49.6. The first-order valence-electron chi connectivity index (χ1n) is 9.25. The van der Waals surface area contributed by atoms with E-state index in [1.807, 2.05) is 30.3 Å². The zero-order valence-electron chi connectivity index (χ0n) is 15.6. The summed E-state index contributed by atoms with van der Waals surface area (Å²) in [7, 11) is 0. The first kappa shape index (κ1) is 21.4. The molecule has 28 heavy (non-hydrogen) atoms. The highest BCUT2D eigenvalue weighted by Crippen LogP contribution is 2.19. The van der Waals surface area contributed by atoms with Crippen molar-refractivity contribution in [3.63, 3.8) is 0 Å². The standard InChI is InChI=1S/C19H26N4O5/c20-11-16(24)22-14(10-13-6-2-1-3-7-13)19(28)23-9-5-4-8-15(23)18(27)21-12-17(25)26/h1-3,6-7,14-15H,4-5,8-12,20H2,(H,21,27)(H,22,24)(H,25,26)/t14-,15?/m0/s1. The molecule has 9 nitrogen and oxygen atoms in total. The van der Waals surface area contributed by atoms with Crippen LogP contribution in [-0.4, -0.2) is 65.4 Å². The van der Waals surface area contributed by atoms with Crippen LogP contribution in [0.15, 0.2) is 30.3 Å². The Morgan fingerprint density at radius 1 is 1.18 bits per heavy atom. The maximum Gasteiger partial charge on any atom is 0.322 e. The van der Waals surface area contributed by atoms with E-state index in [2.05, 4.69) is 10.6 Å². The molecule has 1 aliphatic heterocycles. The Labute approximate surface area is 163 Å². The highest BCUT2D eigenvalue weighted by atomic mass is 16.4. The van der Waals surface area contributed by atoms with E-state index < -0.39 is 36.4 Å². The van der Waals surface area contributed by atoms with Crippen molar-refractivity contribution in [1.29, 1.82) is 0 Å². The zero-order valence-corrected chi connectivity index (χ0v) is 15.6. The number of carbonyl (C=O) groups is 4. The lowest BCUT2D eigenvalue weighted by Gasteiger charge is -2.37. The van der Waals surface area contributed by atoms with Gasteiger partial charge in [-0.3, -0.25) is 19.2 Å². The number of likely N-dealkylation sites (tertiary alicyclic amines) is 1. The summed E-state index contributed by atoms with van der Waals surface area (Å²) < 4.78 is 0. The topological polar surface area (TPSA) is 142 Å². The van der Waals surface area contributed by atoms with Gasteiger partial charge in [0, 0.05) is 13.0 Å². The monoisotopic (exact) mass is 390 g/mol. The average molecular weight is 390 g/mol. The Hall–Kier alpha value is -2.94. The van der Waals surface area contributed by atoms with Crippen molar-refractivity contribution < 1.29 is 24.3 Å². The number of carboxylic acid groups (broad SMARTS) is 1. The summed E-state index contributed by atoms with van der Waals surface area (Å²) >= 11 is 0. The van der Waals surface area contributed by atoms with E-state index in [-0.39, 0.29) is 18.9 Å². The molecule has 0 bridgehead atoms. The van der Waals surface area contributed by atoms with Gasteiger partial charge in [0.25, 0.3) is 0 Å². The molecule has 1 saturated heterocycles. The van der Waals surface area contributed by atoms with Crippen molar-refractivity contribution in [2.45, 2.75) is 37.8 Å². The minimum Gasteiger partial charge on any atom is -0.480 e. The van der Waals surface area contributed by atoms with Crippen LogP contribution in [0.1, 0.15) is 24.8 Å². The molecule has 1 aromatic carbocycles. The molecule has 2 rings (SSSR count). The maximum atomic E-state index is 13.2. The fourth-order valence-electron chi connectivity index (χ4n) is 3.25. The van der Waals surface area contributed by atoms with Crippen molar-refractivity contribution in [3.05, 3.63) is 35.9 Å². The third-order valence-corrected chi connectivity index (χ3v) is 4.60. The Morgan fingerprint density at radius 2 is 1.89 bits per heavy atom. The Balaban J connectivity index is 2.17. The van der Waals surface area contributed by atoms with E-state index in [0.29, 0.717) is 13.0 Å². The van der Waals surface area contributed by atoms with Gasteiger partial charge in [0.15, 0.2) is 0 Å². The lowest BCUT2D eigenvalue weighted by atomic mass is 9.98. The lowest BCUT2D eigenvalue weighted by Crippen LogP contribution is -2.58. The number of nitrogens with one attached hydrogen (secondary N) is 2. The number of nitrogens with two attached hydrogens (primary N) is 1. The van der Waals surface area contributed by atoms with Gasteiger partial charge in [0.2, 0.25) is 17.7 Å². The number of rotatable bonds is 8. The number of aliphatic carboxylic acids is 1. The highest BCUT2D eigenvalue weighted by molar-refractivity contribution is 5.93. The maximum absolute atomic E-state index is 13.2. The van der Waals surface area contributed by atoms with Crippen LogP contribution in [0.3, 0.4) is 0 Å². The van der Waals surface area contributed by atoms with E-state index in [4.69, 9.17) is 10.8 Å². The summed E-state index contributed by atoms with van der Waals surface area (Å²) in [5, 5.41) is 13.7. The van der Waals surface area contributed by atoms with E-state index in [1.165, 1.54) is 4.90 Å². The molecule has 1 heterocycles. The number of carbonyl (C=O) groups excluding carboxylic acids is 3. The minimum atomic E-state index is -1.15. The zero-order chi connectivity index (χ0) is 20.5. The molecule has 1 fully saturated rings. The van der Waals surface area contributed by atoms with E-state index in [9.17, 15) is 19.2 Å². The summed E-state index contributed by atoms with van der Waals surface area (Å²) in [5.41, 5.74) is 6.24. The van der Waals surface area contributed by atoms with E-state index in [1.54, 1.807) is 0 Å². The lowest BCUT2D eigenvalue weighted by molar-refractivity contribution is -0.145. The van der Waals surface area contributed by atoms with E-state index >= 15 is 0 Å². The SMILES string of the molecule is NCC(=O)N[C@@H](Cc1ccccc1)C(=O)N1CCCCC1C(=O)NCC(=O)O. The number of carboxylic acids is 1. The van der Waals surface area contributed by atoms with Gasteiger partial charge in [-0.1, -0.05) is 30.3 Å². The first-order chi connectivity index (χ1) is 13.4. The highest BCUT2D eigenvalue weighted by Gasteiger charge is 2.36. The molecule has 0 saturated carbocycles. The molecule has 5 N–H and O–H groups in total. The molecule has 3 amide bonds. The van der Waals surface area contributed by atoms with Crippen LogP contribution in [0, 0.1) is 0 Å². The molecule has 0 aliphatic carbocycles. The smallest absolute Gasteiger partial charge is 0.322 e. The van der Waals surface area contributed by atoms with Gasteiger partial charge in [0.05, 0.1) is 6.54 Å². The molecular weight excluding hydrogens is 364 g/mol. The van der Waals surface area contributed by atoms with Crippen molar-refractivity contribution in [3.8, 4) is 0 Å². The third kappa shape index (κ3) is 6.05. The van der Waals surface area contributed by atoms with Gasteiger partial charge in [-0.05, 0) is 24.8 Å². The fraction of sp³-hybridized carbons (Fsp3) is 0.474. The van der Waals surface area contributed by atoms with Crippen LogP contribution in [0.2, 0.25) is 0 Å². The number of amides is 3. The number of nitrogens with zero attached hydrogens (tertiary/aromatic N) is 1. The number of hydrogen-bond donors (Lipinski definition) is 4. The van der Waals surface area contributed by atoms with Crippen molar-refractivity contribution in [2.75, 3.05) is 19.6 Å². The predicted molar refractivity (Wildman–Crippen MR) is 101 cm³/mol. The third-order valence-electron chi connectivity index (χ3n) is 4.60. The average Bonchev–Trinajstić information content (AvgIpc) is 2.71. The summed E-state index contributed by atoms with van der Waals surface area (Å²) in [6.45, 7) is -0.385. The molecule has 1 unspecified atom stereocenters. The van der Waals surface area contributed by atoms with Crippen molar-refractivity contribution in [2.24, 2.45) is 5.73 Å². The van der Waals surface area contributed by atoms with Crippen LogP contribution in [-0.2, 0) is 25.6 Å². The van der Waals surface area contributed by atoms with Gasteiger partial charge in [-0.25, -0.2) is 0 Å². The van der Waals surface area contributed by atoms with Crippen molar-refractivity contribution >= 4 is 23.7 Å². The molecule has 9 heteroatoms. The molecule has 2 atom stereocenters. The second-order valence-corrected chi connectivity index (χ2v) is 6.67. The molecule has 0 spiro atoms.